The van der Waals surface area contributed by atoms with Gasteiger partial charge in [0.25, 0.3) is 0 Å². The van der Waals surface area contributed by atoms with Crippen molar-refractivity contribution in [3.63, 3.8) is 0 Å². The molecule has 0 aliphatic heterocycles. The van der Waals surface area contributed by atoms with E-state index in [1.165, 1.54) is 11.8 Å². The van der Waals surface area contributed by atoms with Crippen molar-refractivity contribution in [2.75, 3.05) is 0 Å². The van der Waals surface area contributed by atoms with Crippen LogP contribution < -0.4 is 0 Å². The van der Waals surface area contributed by atoms with Crippen molar-refractivity contribution < 1.29 is 0 Å². The summed E-state index contributed by atoms with van der Waals surface area (Å²) in [5.74, 6) is 0. The van der Waals surface area contributed by atoms with E-state index in [0.717, 1.165) is 9.79 Å². The van der Waals surface area contributed by atoms with Crippen LogP contribution in [0.3, 0.4) is 0 Å². The van der Waals surface area contributed by atoms with Crippen molar-refractivity contribution in [3.8, 4) is 6.07 Å². The number of hydrogen-bond acceptors (Lipinski definition) is 3. The van der Waals surface area contributed by atoms with Crippen LogP contribution in [0.15, 0.2) is 46.3 Å². The molecule has 0 amide bonds. The van der Waals surface area contributed by atoms with Crippen LogP contribution in [0, 0.1) is 11.3 Å². The van der Waals surface area contributed by atoms with Gasteiger partial charge in [-0.3, -0.25) is 0 Å². The molecular formula is C12H6Cl2N2S. The molecule has 0 saturated heterocycles. The predicted molar refractivity (Wildman–Crippen MR) is 69.5 cm³/mol. The minimum atomic E-state index is 0.398. The van der Waals surface area contributed by atoms with Crippen LogP contribution in [-0.4, -0.2) is 4.98 Å². The molecule has 0 unspecified atom stereocenters. The molecule has 1 aromatic heterocycles. The second-order valence-corrected chi connectivity index (χ2v) is 5.13. The van der Waals surface area contributed by atoms with Gasteiger partial charge in [0.05, 0.1) is 10.0 Å². The van der Waals surface area contributed by atoms with E-state index in [-0.39, 0.29) is 0 Å². The van der Waals surface area contributed by atoms with E-state index in [2.05, 4.69) is 4.98 Å². The first-order chi connectivity index (χ1) is 8.19. The fourth-order valence-electron chi connectivity index (χ4n) is 1.21. The standard InChI is InChI=1S/C12H6Cl2N2S/c13-11-2-1-9(6-12(11)14)17-10-3-4-16-8(5-10)7-15/h1-6H. The van der Waals surface area contributed by atoms with Gasteiger partial charge >= 0.3 is 0 Å². The minimum absolute atomic E-state index is 0.398. The lowest BCUT2D eigenvalue weighted by Crippen LogP contribution is -1.82. The van der Waals surface area contributed by atoms with Crippen LogP contribution >= 0.6 is 35.0 Å². The van der Waals surface area contributed by atoms with Crippen molar-refractivity contribution in [1.29, 1.82) is 5.26 Å². The number of pyridine rings is 1. The molecule has 0 atom stereocenters. The maximum atomic E-state index is 8.75. The molecule has 0 aliphatic rings. The molecule has 0 radical (unpaired) electrons. The third-order valence-corrected chi connectivity index (χ3v) is 3.69. The molecule has 2 aromatic rings. The summed E-state index contributed by atoms with van der Waals surface area (Å²) >= 11 is 13.3. The van der Waals surface area contributed by atoms with Crippen molar-refractivity contribution in [1.82, 2.24) is 4.98 Å². The molecule has 1 aromatic carbocycles. The Kier molecular flexibility index (Phi) is 3.90. The monoisotopic (exact) mass is 280 g/mol. The van der Waals surface area contributed by atoms with Gasteiger partial charge in [-0.2, -0.15) is 5.26 Å². The van der Waals surface area contributed by atoms with Crippen LogP contribution in [0.25, 0.3) is 0 Å². The molecule has 1 heterocycles. The average Bonchev–Trinajstić information content (AvgIpc) is 2.34. The molecule has 17 heavy (non-hydrogen) atoms. The minimum Gasteiger partial charge on any atom is -0.245 e. The Bertz CT molecular complexity index is 593. The molecule has 0 N–H and O–H groups in total. The van der Waals surface area contributed by atoms with Crippen LogP contribution in [0.1, 0.15) is 5.69 Å². The first-order valence-electron chi connectivity index (χ1n) is 4.68. The van der Waals surface area contributed by atoms with Gasteiger partial charge in [-0.25, -0.2) is 4.98 Å². The largest absolute Gasteiger partial charge is 0.245 e. The van der Waals surface area contributed by atoms with Gasteiger partial charge in [0.2, 0.25) is 0 Å². The quantitative estimate of drug-likeness (QED) is 0.818. The molecule has 2 rings (SSSR count). The lowest BCUT2D eigenvalue weighted by Gasteiger charge is -2.03. The number of aromatic nitrogens is 1. The molecular weight excluding hydrogens is 275 g/mol. The normalized spacial score (nSPS) is 9.94. The fourth-order valence-corrected chi connectivity index (χ4v) is 2.46. The van der Waals surface area contributed by atoms with Gasteiger partial charge in [0.1, 0.15) is 11.8 Å². The Labute approximate surface area is 113 Å². The van der Waals surface area contributed by atoms with Crippen molar-refractivity contribution in [2.24, 2.45) is 0 Å². The highest BCUT2D eigenvalue weighted by Gasteiger charge is 2.02. The zero-order valence-corrected chi connectivity index (χ0v) is 10.9. The van der Waals surface area contributed by atoms with Crippen LogP contribution in [0.4, 0.5) is 0 Å². The van der Waals surface area contributed by atoms with E-state index in [4.69, 9.17) is 28.5 Å². The Morgan fingerprint density at radius 2 is 1.82 bits per heavy atom. The molecule has 0 saturated carbocycles. The van der Waals surface area contributed by atoms with Crippen LogP contribution in [-0.2, 0) is 0 Å². The average molecular weight is 281 g/mol. The maximum absolute atomic E-state index is 8.75. The summed E-state index contributed by atoms with van der Waals surface area (Å²) in [7, 11) is 0. The van der Waals surface area contributed by atoms with Crippen molar-refractivity contribution in [2.45, 2.75) is 9.79 Å². The number of halogens is 2. The van der Waals surface area contributed by atoms with Crippen LogP contribution in [0.5, 0.6) is 0 Å². The van der Waals surface area contributed by atoms with E-state index < -0.39 is 0 Å². The molecule has 0 fully saturated rings. The van der Waals surface area contributed by atoms with Gasteiger partial charge in [-0.1, -0.05) is 35.0 Å². The number of hydrogen-bond donors (Lipinski definition) is 0. The van der Waals surface area contributed by atoms with Gasteiger partial charge in [-0.15, -0.1) is 0 Å². The zero-order valence-electron chi connectivity index (χ0n) is 8.52. The van der Waals surface area contributed by atoms with E-state index in [0.29, 0.717) is 15.7 Å². The summed E-state index contributed by atoms with van der Waals surface area (Å²) in [6.07, 6.45) is 1.61. The fraction of sp³-hybridized carbons (Fsp3) is 0. The molecule has 2 nitrogen and oxygen atoms in total. The third kappa shape index (κ3) is 3.13. The highest BCUT2D eigenvalue weighted by molar-refractivity contribution is 7.99. The summed E-state index contributed by atoms with van der Waals surface area (Å²) in [6, 6.07) is 11.0. The zero-order chi connectivity index (χ0) is 12.3. The highest BCUT2D eigenvalue weighted by Crippen LogP contribution is 2.32. The molecule has 0 bridgehead atoms. The van der Waals surface area contributed by atoms with Crippen molar-refractivity contribution >= 4 is 35.0 Å². The van der Waals surface area contributed by atoms with E-state index in [1.54, 1.807) is 24.4 Å². The van der Waals surface area contributed by atoms with Gasteiger partial charge < -0.3 is 0 Å². The molecule has 84 valence electrons. The van der Waals surface area contributed by atoms with E-state index in [9.17, 15) is 0 Å². The second-order valence-electron chi connectivity index (χ2n) is 3.17. The first-order valence-corrected chi connectivity index (χ1v) is 6.25. The Hall–Kier alpha value is -1.21. The summed E-state index contributed by atoms with van der Waals surface area (Å²) in [5, 5.41) is 9.80. The topological polar surface area (TPSA) is 36.7 Å². The summed E-state index contributed by atoms with van der Waals surface area (Å²) in [5.41, 5.74) is 0.398. The molecule has 0 aliphatic carbocycles. The van der Waals surface area contributed by atoms with Gasteiger partial charge in [0, 0.05) is 16.0 Å². The van der Waals surface area contributed by atoms with Crippen molar-refractivity contribution in [3.05, 3.63) is 52.3 Å². The van der Waals surface area contributed by atoms with E-state index >= 15 is 0 Å². The summed E-state index contributed by atoms with van der Waals surface area (Å²) in [6.45, 7) is 0. The SMILES string of the molecule is N#Cc1cc(Sc2ccc(Cl)c(Cl)c2)ccn1. The number of nitriles is 1. The smallest absolute Gasteiger partial charge is 0.141 e. The Balaban J connectivity index is 2.25. The summed E-state index contributed by atoms with van der Waals surface area (Å²) < 4.78 is 0. The van der Waals surface area contributed by atoms with Crippen LogP contribution in [0.2, 0.25) is 10.0 Å². The lowest BCUT2D eigenvalue weighted by molar-refractivity contribution is 1.21. The highest BCUT2D eigenvalue weighted by atomic mass is 35.5. The third-order valence-electron chi connectivity index (χ3n) is 1.97. The maximum Gasteiger partial charge on any atom is 0.141 e. The van der Waals surface area contributed by atoms with E-state index in [1.807, 2.05) is 18.2 Å². The number of benzene rings is 1. The Morgan fingerprint density at radius 1 is 1.06 bits per heavy atom. The predicted octanol–water partition coefficient (Wildman–Crippen LogP) is 4.41. The van der Waals surface area contributed by atoms with Gasteiger partial charge in [-0.05, 0) is 30.3 Å². The number of rotatable bonds is 2. The molecule has 0 spiro atoms. The lowest BCUT2D eigenvalue weighted by atomic mass is 10.4. The van der Waals surface area contributed by atoms with Gasteiger partial charge in [0.15, 0.2) is 0 Å². The Morgan fingerprint density at radius 3 is 2.53 bits per heavy atom. The summed E-state index contributed by atoms with van der Waals surface area (Å²) in [4.78, 5) is 5.82. The first kappa shape index (κ1) is 12.3. The second kappa shape index (κ2) is 5.42. The molecule has 5 heteroatoms. The number of nitrogens with zero attached hydrogens (tertiary/aromatic N) is 2.